The minimum atomic E-state index is -2.99. The van der Waals surface area contributed by atoms with E-state index in [4.69, 9.17) is 9.60 Å². The highest BCUT2D eigenvalue weighted by Gasteiger charge is 1.57. The van der Waals surface area contributed by atoms with Gasteiger partial charge < -0.3 is 0 Å². The summed E-state index contributed by atoms with van der Waals surface area (Å²) < 4.78 is 47.3. The molecule has 0 aromatic carbocycles. The molecular weight excluding hydrogens is 68.1 g/mol. The van der Waals surface area contributed by atoms with Crippen LogP contribution in [0, 0.1) is 0 Å². The Morgan fingerprint density at radius 3 is 3.25 bits per heavy atom. The Kier molecular flexibility index (Phi) is 0.382. The molecule has 0 saturated heterocycles. The van der Waals surface area contributed by atoms with E-state index in [2.05, 4.69) is 12.6 Å². The van der Waals surface area contributed by atoms with Crippen LogP contribution in [0.15, 0.2) is 0 Å². The molecule has 0 aromatic heterocycles. The zero-order chi connectivity index (χ0) is 9.50. The highest BCUT2D eigenvalue weighted by atomic mass is 32.1. The summed E-state index contributed by atoms with van der Waals surface area (Å²) in [5.41, 5.74) is -2.65. The summed E-state index contributed by atoms with van der Waals surface area (Å²) in [4.78, 5) is 0. The molecule has 0 nitrogen and oxygen atoms in total. The van der Waals surface area contributed by atoms with Gasteiger partial charge in [0.15, 0.2) is 0 Å². The van der Waals surface area contributed by atoms with Gasteiger partial charge in [-0.25, -0.2) is 0 Å². The number of hydrogen-bond acceptors (Lipinski definition) is 1. The van der Waals surface area contributed by atoms with Crippen LogP contribution >= 0.6 is 12.6 Å². The lowest BCUT2D eigenvalue weighted by Gasteiger charge is -1.67. The Labute approximate surface area is 42.5 Å². The van der Waals surface area contributed by atoms with Crippen molar-refractivity contribution in [3.63, 3.8) is 0 Å². The van der Waals surface area contributed by atoms with E-state index in [1.165, 1.54) is 0 Å². The fourth-order valence-corrected chi connectivity index (χ4v) is 0. The Bertz CT molecular complexity index is 125. The topological polar surface area (TPSA) is 0 Å². The van der Waals surface area contributed by atoms with Crippen LogP contribution in [0.25, 0.3) is 0 Å². The lowest BCUT2D eigenvalue weighted by molar-refractivity contribution is 1.11. The van der Waals surface area contributed by atoms with Gasteiger partial charge in [-0.15, -0.1) is 0 Å². The second-order valence-corrected chi connectivity index (χ2v) is 0.460. The first-order valence-corrected chi connectivity index (χ1v) is 1.17. The predicted octanol–water partition coefficient (Wildman–Crippen LogP) is 1.33. The molecule has 0 N–H and O–H groups in total. The van der Waals surface area contributed by atoms with Crippen molar-refractivity contribution >= 4 is 12.6 Å². The molecule has 0 radical (unpaired) electrons. The average Bonchev–Trinajstić information content (AvgIpc) is 1.58. The molecule has 0 spiro atoms. The van der Waals surface area contributed by atoms with E-state index in [0.717, 1.165) is 0 Å². The lowest BCUT2D eigenvalue weighted by atomic mass is 10.6. The van der Waals surface area contributed by atoms with Crippen molar-refractivity contribution in [2.24, 2.45) is 0 Å². The maximum atomic E-state index is 6.88. The van der Waals surface area contributed by atoms with Crippen molar-refractivity contribution in [2.75, 3.05) is 5.70 Å². The standard InChI is InChI=1S/C3H8S/c1-2-3-4/h4H,2-3H2,1H3/i1D3,2D2,3D2. The lowest BCUT2D eigenvalue weighted by Crippen LogP contribution is -1.56. The Balaban J connectivity index is 4.75. The first kappa shape index (κ1) is 0.456. The molecule has 0 aliphatic rings. The van der Waals surface area contributed by atoms with Crippen molar-refractivity contribution in [3.8, 4) is 0 Å². The molecule has 26 valence electrons. The summed E-state index contributed by atoms with van der Waals surface area (Å²) >= 11 is 3.23. The second kappa shape index (κ2) is 3.35. The van der Waals surface area contributed by atoms with Crippen molar-refractivity contribution in [1.82, 2.24) is 0 Å². The molecule has 0 fully saturated rings. The second-order valence-electron chi connectivity index (χ2n) is 0.237. The van der Waals surface area contributed by atoms with Gasteiger partial charge in [-0.2, -0.15) is 12.6 Å². The van der Waals surface area contributed by atoms with Gasteiger partial charge in [0.2, 0.25) is 0 Å². The minimum Gasteiger partial charge on any atom is -0.179 e. The third-order valence-corrected chi connectivity index (χ3v) is 0.168. The van der Waals surface area contributed by atoms with Gasteiger partial charge in [0.25, 0.3) is 0 Å². The van der Waals surface area contributed by atoms with E-state index >= 15 is 0 Å². The molecule has 0 rings (SSSR count). The molecule has 0 aliphatic carbocycles. The van der Waals surface area contributed by atoms with Gasteiger partial charge in [-0.3, -0.25) is 0 Å². The van der Waals surface area contributed by atoms with E-state index < -0.39 is 18.9 Å². The van der Waals surface area contributed by atoms with Gasteiger partial charge in [0, 0.05) is 9.60 Å². The SMILES string of the molecule is [2H]C([2H])([2H])C([2H])([2H])C([2H])([2H])S. The van der Waals surface area contributed by atoms with Crippen LogP contribution in [-0.2, 0) is 0 Å². The van der Waals surface area contributed by atoms with E-state index in [0.29, 0.717) is 0 Å². The number of thiol groups is 1. The maximum absolute atomic E-state index is 6.88. The van der Waals surface area contributed by atoms with Crippen LogP contribution in [-0.4, -0.2) is 5.70 Å². The van der Waals surface area contributed by atoms with Crippen LogP contribution in [0.5, 0.6) is 0 Å². The molecular formula is C3H8S. The van der Waals surface area contributed by atoms with E-state index in [1.54, 1.807) is 0 Å². The average molecular weight is 83.2 g/mol. The third kappa shape index (κ3) is 2.35. The van der Waals surface area contributed by atoms with Crippen LogP contribution in [0.2, 0.25) is 0 Å². The molecule has 1 heteroatoms. The molecule has 0 amide bonds. The summed E-state index contributed by atoms with van der Waals surface area (Å²) in [7, 11) is 0. The Morgan fingerprint density at radius 1 is 2.50 bits per heavy atom. The zero-order valence-electron chi connectivity index (χ0n) is 8.95. The molecule has 0 unspecified atom stereocenters. The Hall–Kier alpha value is 0.350. The molecule has 4 heavy (non-hydrogen) atoms. The van der Waals surface area contributed by atoms with Crippen LogP contribution < -0.4 is 0 Å². The van der Waals surface area contributed by atoms with Gasteiger partial charge >= 0.3 is 0 Å². The summed E-state index contributed by atoms with van der Waals surface area (Å²) in [5.74, 6) is 0. The number of rotatable bonds is 1. The van der Waals surface area contributed by atoms with Gasteiger partial charge in [0.05, 0.1) is 0 Å². The third-order valence-electron chi connectivity index (χ3n) is 0.0559. The molecule has 0 aliphatic heterocycles. The summed E-state index contributed by atoms with van der Waals surface area (Å²) in [6, 6.07) is 0. The zero-order valence-corrected chi connectivity index (χ0v) is 2.84. The highest BCUT2D eigenvalue weighted by Crippen LogP contribution is 1.74. The smallest absolute Gasteiger partial charge is 0.0377 e. The molecule has 0 saturated carbocycles. The predicted molar refractivity (Wildman–Crippen MR) is 24.1 cm³/mol. The van der Waals surface area contributed by atoms with Crippen LogP contribution in [0.3, 0.4) is 0 Å². The summed E-state index contributed by atoms with van der Waals surface area (Å²) in [6.45, 7) is -2.99. The van der Waals surface area contributed by atoms with E-state index in [1.807, 2.05) is 0 Å². The van der Waals surface area contributed by atoms with Crippen LogP contribution in [0.4, 0.5) is 0 Å². The highest BCUT2D eigenvalue weighted by molar-refractivity contribution is 7.80. The first-order valence-electron chi connectivity index (χ1n) is 4.22. The largest absolute Gasteiger partial charge is 0.179 e. The van der Waals surface area contributed by atoms with E-state index in [9.17, 15) is 0 Å². The van der Waals surface area contributed by atoms with E-state index in [-0.39, 0.29) is 0 Å². The molecule has 0 heterocycles. The monoisotopic (exact) mass is 83.1 g/mol. The maximum Gasteiger partial charge on any atom is 0.0377 e. The fourth-order valence-electron chi connectivity index (χ4n) is 0. The van der Waals surface area contributed by atoms with Crippen molar-refractivity contribution in [1.29, 1.82) is 0 Å². The first-order chi connectivity index (χ1) is 4.50. The van der Waals surface area contributed by atoms with Gasteiger partial charge in [0.1, 0.15) is 0 Å². The van der Waals surface area contributed by atoms with Crippen molar-refractivity contribution < 1.29 is 9.60 Å². The van der Waals surface area contributed by atoms with Crippen molar-refractivity contribution in [3.05, 3.63) is 0 Å². The number of hydrogen-bond donors (Lipinski definition) is 1. The normalized spacial score (nSPS) is 43.8. The van der Waals surface area contributed by atoms with Gasteiger partial charge in [-0.05, 0) is 12.1 Å². The quantitative estimate of drug-likeness (QED) is 0.454. The molecule has 0 aromatic rings. The van der Waals surface area contributed by atoms with Crippen molar-refractivity contribution in [2.45, 2.75) is 13.2 Å². The minimum absolute atomic E-state index is 2.65. The van der Waals surface area contributed by atoms with Crippen LogP contribution in [0.1, 0.15) is 22.8 Å². The summed E-state index contributed by atoms with van der Waals surface area (Å²) in [6.07, 6.45) is -2.93. The summed E-state index contributed by atoms with van der Waals surface area (Å²) in [5, 5.41) is 0. The Morgan fingerprint density at radius 2 is 3.25 bits per heavy atom. The fraction of sp³-hybridized carbons (Fsp3) is 1.00. The molecule has 0 atom stereocenters. The molecule has 0 bridgehead atoms. The van der Waals surface area contributed by atoms with Gasteiger partial charge in [-0.1, -0.05) is 6.85 Å².